The van der Waals surface area contributed by atoms with E-state index in [9.17, 15) is 18.0 Å². The second-order valence-electron chi connectivity index (χ2n) is 6.61. The molecule has 0 atom stereocenters. The minimum absolute atomic E-state index is 0.0323. The highest BCUT2D eigenvalue weighted by Crippen LogP contribution is 2.25. The summed E-state index contributed by atoms with van der Waals surface area (Å²) >= 11 is 5.82. The van der Waals surface area contributed by atoms with E-state index >= 15 is 0 Å². The van der Waals surface area contributed by atoms with Crippen molar-refractivity contribution in [2.24, 2.45) is 0 Å². The summed E-state index contributed by atoms with van der Waals surface area (Å²) in [4.78, 5) is 23.4. The highest BCUT2D eigenvalue weighted by molar-refractivity contribution is 7.92. The molecule has 10 heteroatoms. The highest BCUT2D eigenvalue weighted by Gasteiger charge is 2.21. The normalized spacial score (nSPS) is 10.9. The van der Waals surface area contributed by atoms with E-state index in [1.54, 1.807) is 24.3 Å². The number of halogens is 1. The van der Waals surface area contributed by atoms with Gasteiger partial charge in [0.25, 0.3) is 15.9 Å². The first kappa shape index (κ1) is 23.1. The predicted molar refractivity (Wildman–Crippen MR) is 121 cm³/mol. The fourth-order valence-electron chi connectivity index (χ4n) is 2.77. The number of carbonyl (C=O) groups is 2. The summed E-state index contributed by atoms with van der Waals surface area (Å²) in [5, 5.41) is 12.1. The van der Waals surface area contributed by atoms with Gasteiger partial charge in [-0.25, -0.2) is 13.2 Å². The van der Waals surface area contributed by atoms with Gasteiger partial charge in [0.15, 0.2) is 6.61 Å². The quantitative estimate of drug-likeness (QED) is 0.512. The van der Waals surface area contributed by atoms with Crippen LogP contribution in [-0.2, 0) is 14.8 Å². The Bertz CT molecular complexity index is 1230. The van der Waals surface area contributed by atoms with Crippen LogP contribution in [0, 0.1) is 0 Å². The maximum Gasteiger partial charge on any atom is 0.337 e. The van der Waals surface area contributed by atoms with Crippen LogP contribution in [0.4, 0.5) is 11.4 Å². The Morgan fingerprint density at radius 2 is 1.62 bits per heavy atom. The van der Waals surface area contributed by atoms with E-state index in [1.807, 2.05) is 0 Å². The number of rotatable bonds is 8. The molecule has 3 rings (SSSR count). The molecule has 0 aliphatic rings. The maximum absolute atomic E-state index is 12.7. The van der Waals surface area contributed by atoms with Crippen LogP contribution in [0.25, 0.3) is 0 Å². The molecule has 166 valence electrons. The summed E-state index contributed by atoms with van der Waals surface area (Å²) in [5.41, 5.74) is 0.528. The Kier molecular flexibility index (Phi) is 7.01. The predicted octanol–water partition coefficient (Wildman–Crippen LogP) is 3.88. The molecule has 8 nitrogen and oxygen atoms in total. The Morgan fingerprint density at radius 3 is 2.25 bits per heavy atom. The Morgan fingerprint density at radius 1 is 1.00 bits per heavy atom. The van der Waals surface area contributed by atoms with Crippen molar-refractivity contribution < 1.29 is 27.9 Å². The highest BCUT2D eigenvalue weighted by atomic mass is 35.5. The maximum atomic E-state index is 12.7. The molecule has 0 radical (unpaired) electrons. The number of sulfonamides is 1. The van der Waals surface area contributed by atoms with Gasteiger partial charge >= 0.3 is 5.97 Å². The third-order valence-corrected chi connectivity index (χ3v) is 6.53. The van der Waals surface area contributed by atoms with Crippen LogP contribution in [0.3, 0.4) is 0 Å². The van der Waals surface area contributed by atoms with Gasteiger partial charge in [0.2, 0.25) is 0 Å². The van der Waals surface area contributed by atoms with E-state index in [-0.39, 0.29) is 22.8 Å². The van der Waals surface area contributed by atoms with Crippen LogP contribution in [0.15, 0.2) is 77.7 Å². The van der Waals surface area contributed by atoms with Crippen molar-refractivity contribution in [2.45, 2.75) is 4.90 Å². The first-order valence-electron chi connectivity index (χ1n) is 9.28. The summed E-state index contributed by atoms with van der Waals surface area (Å²) in [7, 11) is -2.35. The zero-order chi connectivity index (χ0) is 23.3. The van der Waals surface area contributed by atoms with Gasteiger partial charge in [0.05, 0.1) is 21.8 Å². The zero-order valence-electron chi connectivity index (χ0n) is 16.9. The molecule has 3 aromatic carbocycles. The Hall–Kier alpha value is -3.56. The number of ether oxygens (including phenoxy) is 1. The molecule has 0 heterocycles. The molecule has 0 bridgehead atoms. The molecule has 0 saturated carbocycles. The minimum Gasteiger partial charge on any atom is -0.484 e. The third-order valence-electron chi connectivity index (χ3n) is 4.47. The number of hydrogen-bond acceptors (Lipinski definition) is 5. The van der Waals surface area contributed by atoms with Gasteiger partial charge in [-0.05, 0) is 60.7 Å². The number of para-hydroxylation sites is 1. The van der Waals surface area contributed by atoms with Crippen molar-refractivity contribution in [3.8, 4) is 5.75 Å². The van der Waals surface area contributed by atoms with E-state index in [0.717, 1.165) is 4.31 Å². The Balaban J connectivity index is 1.63. The van der Waals surface area contributed by atoms with Crippen molar-refractivity contribution in [1.82, 2.24) is 0 Å². The molecule has 2 N–H and O–H groups in total. The summed E-state index contributed by atoms with van der Waals surface area (Å²) in [6, 6.07) is 18.0. The largest absolute Gasteiger partial charge is 0.484 e. The van der Waals surface area contributed by atoms with Crippen molar-refractivity contribution in [3.05, 3.63) is 83.4 Å². The lowest BCUT2D eigenvalue weighted by Gasteiger charge is -2.20. The van der Waals surface area contributed by atoms with Crippen LogP contribution >= 0.6 is 11.6 Å². The van der Waals surface area contributed by atoms with Gasteiger partial charge in [-0.2, -0.15) is 0 Å². The first-order valence-corrected chi connectivity index (χ1v) is 11.1. The standard InChI is InChI=1S/C22H19ClN2O6S/c1-25(32(29,30)18-12-6-15(23)7-13-18)16-8-10-17(11-9-16)31-14-21(26)24-20-5-3-2-4-19(20)22(27)28/h2-13H,14H2,1H3,(H,24,26)(H,27,28). The zero-order valence-corrected chi connectivity index (χ0v) is 18.4. The van der Waals surface area contributed by atoms with E-state index in [1.165, 1.54) is 55.6 Å². The van der Waals surface area contributed by atoms with Crippen LogP contribution in [-0.4, -0.2) is 39.1 Å². The van der Waals surface area contributed by atoms with Crippen LogP contribution < -0.4 is 14.4 Å². The van der Waals surface area contributed by atoms with E-state index < -0.39 is 21.9 Å². The summed E-state index contributed by atoms with van der Waals surface area (Å²) < 4.78 is 32.0. The molecular weight excluding hydrogens is 456 g/mol. The Labute approximate surface area is 190 Å². The van der Waals surface area contributed by atoms with Gasteiger partial charge in [-0.15, -0.1) is 0 Å². The molecular formula is C22H19ClN2O6S. The van der Waals surface area contributed by atoms with Crippen LogP contribution in [0.5, 0.6) is 5.75 Å². The third kappa shape index (κ3) is 5.37. The SMILES string of the molecule is CN(c1ccc(OCC(=O)Nc2ccccc2C(=O)O)cc1)S(=O)(=O)c1ccc(Cl)cc1. The number of hydrogen-bond donors (Lipinski definition) is 2. The molecule has 0 saturated heterocycles. The average Bonchev–Trinajstić information content (AvgIpc) is 2.78. The van der Waals surface area contributed by atoms with Gasteiger partial charge < -0.3 is 15.2 Å². The van der Waals surface area contributed by atoms with Gasteiger partial charge in [-0.1, -0.05) is 23.7 Å². The van der Waals surface area contributed by atoms with E-state index in [0.29, 0.717) is 16.5 Å². The molecule has 0 aliphatic carbocycles. The summed E-state index contributed by atoms with van der Waals surface area (Å²) in [6.07, 6.45) is 0. The van der Waals surface area contributed by atoms with Crippen molar-refractivity contribution in [2.75, 3.05) is 23.3 Å². The molecule has 0 spiro atoms. The average molecular weight is 475 g/mol. The van der Waals surface area contributed by atoms with E-state index in [4.69, 9.17) is 21.4 Å². The monoisotopic (exact) mass is 474 g/mol. The lowest BCUT2D eigenvalue weighted by Crippen LogP contribution is -2.26. The minimum atomic E-state index is -3.77. The molecule has 0 fully saturated rings. The fourth-order valence-corrected chi connectivity index (χ4v) is 4.09. The van der Waals surface area contributed by atoms with E-state index in [2.05, 4.69) is 5.32 Å². The number of carbonyl (C=O) groups excluding carboxylic acids is 1. The van der Waals surface area contributed by atoms with Crippen molar-refractivity contribution in [3.63, 3.8) is 0 Å². The topological polar surface area (TPSA) is 113 Å². The molecule has 3 aromatic rings. The smallest absolute Gasteiger partial charge is 0.337 e. The number of aromatic carboxylic acids is 1. The number of amides is 1. The van der Waals surface area contributed by atoms with Crippen molar-refractivity contribution in [1.29, 1.82) is 0 Å². The second-order valence-corrected chi connectivity index (χ2v) is 9.01. The molecule has 1 amide bonds. The summed E-state index contributed by atoms with van der Waals surface area (Å²) in [6.45, 7) is -0.355. The molecule has 0 aromatic heterocycles. The lowest BCUT2D eigenvalue weighted by atomic mass is 10.2. The fraction of sp³-hybridized carbons (Fsp3) is 0.0909. The van der Waals surface area contributed by atoms with Crippen molar-refractivity contribution >= 4 is 44.9 Å². The van der Waals surface area contributed by atoms with Crippen LogP contribution in [0.1, 0.15) is 10.4 Å². The molecule has 0 aliphatic heterocycles. The molecule has 32 heavy (non-hydrogen) atoms. The van der Waals surface area contributed by atoms with Gasteiger partial charge in [-0.3, -0.25) is 9.10 Å². The molecule has 0 unspecified atom stereocenters. The van der Waals surface area contributed by atoms with Gasteiger partial charge in [0.1, 0.15) is 5.75 Å². The number of anilines is 2. The number of nitrogens with one attached hydrogen (secondary N) is 1. The van der Waals surface area contributed by atoms with Crippen LogP contribution in [0.2, 0.25) is 5.02 Å². The number of nitrogens with zero attached hydrogens (tertiary/aromatic N) is 1. The summed E-state index contributed by atoms with van der Waals surface area (Å²) in [5.74, 6) is -1.35. The number of carboxylic acid groups (broad SMARTS) is 1. The number of carboxylic acids is 1. The second kappa shape index (κ2) is 9.71. The first-order chi connectivity index (χ1) is 15.2. The van der Waals surface area contributed by atoms with Gasteiger partial charge in [0, 0.05) is 12.1 Å². The number of benzene rings is 3. The lowest BCUT2D eigenvalue weighted by molar-refractivity contribution is -0.118.